The summed E-state index contributed by atoms with van der Waals surface area (Å²) in [5.74, 6) is 0.290. The summed E-state index contributed by atoms with van der Waals surface area (Å²) in [6.45, 7) is 3.04. The molecule has 6 heteroatoms. The number of rotatable bonds is 4. The maximum atomic E-state index is 12.3. The van der Waals surface area contributed by atoms with Crippen molar-refractivity contribution in [1.82, 2.24) is 10.2 Å². The van der Waals surface area contributed by atoms with Gasteiger partial charge in [-0.2, -0.15) is 11.8 Å². The molecule has 2 saturated heterocycles. The molecule has 0 aliphatic carbocycles. The van der Waals surface area contributed by atoms with Crippen LogP contribution in [0.3, 0.4) is 0 Å². The fourth-order valence-electron chi connectivity index (χ4n) is 3.18. The largest absolute Gasteiger partial charge is 0.479 e. The summed E-state index contributed by atoms with van der Waals surface area (Å²) in [5, 5.41) is 12.9. The lowest BCUT2D eigenvalue weighted by molar-refractivity contribution is -0.148. The van der Waals surface area contributed by atoms with Crippen molar-refractivity contribution in [2.24, 2.45) is 0 Å². The molecule has 2 amide bonds. The SMILES string of the molecule is CCC1(C(=O)O)CCCN1C(=O)NCC1CCCCS1. The smallest absolute Gasteiger partial charge is 0.329 e. The lowest BCUT2D eigenvalue weighted by Gasteiger charge is -2.34. The molecule has 2 aliphatic heterocycles. The Balaban J connectivity index is 1.92. The van der Waals surface area contributed by atoms with E-state index in [0.29, 0.717) is 31.2 Å². The number of aliphatic carboxylic acids is 1. The van der Waals surface area contributed by atoms with Crippen LogP contribution in [0.15, 0.2) is 0 Å². The van der Waals surface area contributed by atoms with Crippen molar-refractivity contribution in [1.29, 1.82) is 0 Å². The summed E-state index contributed by atoms with van der Waals surface area (Å²) < 4.78 is 0. The number of hydrogen-bond acceptors (Lipinski definition) is 3. The Kier molecular flexibility index (Phi) is 5.18. The number of urea groups is 1. The topological polar surface area (TPSA) is 69.6 Å². The second-order valence-electron chi connectivity index (χ2n) is 5.62. The molecular formula is C14H24N2O3S. The first-order valence-corrected chi connectivity index (χ1v) is 8.55. The maximum Gasteiger partial charge on any atom is 0.329 e. The lowest BCUT2D eigenvalue weighted by atomic mass is 9.93. The Bertz CT molecular complexity index is 371. The van der Waals surface area contributed by atoms with Crippen LogP contribution in [0.25, 0.3) is 0 Å². The molecule has 0 saturated carbocycles. The first-order valence-electron chi connectivity index (χ1n) is 7.50. The molecule has 2 rings (SSSR count). The number of nitrogens with zero attached hydrogens (tertiary/aromatic N) is 1. The van der Waals surface area contributed by atoms with Gasteiger partial charge in [0.1, 0.15) is 5.54 Å². The van der Waals surface area contributed by atoms with E-state index in [1.54, 1.807) is 0 Å². The number of thioether (sulfide) groups is 1. The van der Waals surface area contributed by atoms with Gasteiger partial charge in [0.05, 0.1) is 0 Å². The maximum absolute atomic E-state index is 12.3. The molecule has 20 heavy (non-hydrogen) atoms. The number of carbonyl (C=O) groups excluding carboxylic acids is 1. The van der Waals surface area contributed by atoms with Crippen LogP contribution in [-0.4, -0.2) is 51.6 Å². The van der Waals surface area contributed by atoms with Gasteiger partial charge < -0.3 is 15.3 Å². The van der Waals surface area contributed by atoms with Gasteiger partial charge in [0.25, 0.3) is 0 Å². The third-order valence-corrected chi connectivity index (χ3v) is 5.87. The summed E-state index contributed by atoms with van der Waals surface area (Å²) in [6.07, 6.45) is 5.43. The zero-order chi connectivity index (χ0) is 14.6. The van der Waals surface area contributed by atoms with Crippen molar-refractivity contribution in [2.45, 2.75) is 56.2 Å². The van der Waals surface area contributed by atoms with Crippen LogP contribution in [-0.2, 0) is 4.79 Å². The first-order chi connectivity index (χ1) is 9.60. The van der Waals surface area contributed by atoms with Gasteiger partial charge in [-0.15, -0.1) is 0 Å². The van der Waals surface area contributed by atoms with Crippen molar-refractivity contribution in [2.75, 3.05) is 18.8 Å². The zero-order valence-corrected chi connectivity index (χ0v) is 12.9. The summed E-state index contributed by atoms with van der Waals surface area (Å²) in [4.78, 5) is 25.4. The molecule has 0 aromatic heterocycles. The van der Waals surface area contributed by atoms with Gasteiger partial charge in [-0.1, -0.05) is 13.3 Å². The lowest BCUT2D eigenvalue weighted by Crippen LogP contribution is -2.56. The molecule has 5 nitrogen and oxygen atoms in total. The number of hydrogen-bond donors (Lipinski definition) is 2. The van der Waals surface area contributed by atoms with Crippen LogP contribution in [0.2, 0.25) is 0 Å². The van der Waals surface area contributed by atoms with Crippen molar-refractivity contribution < 1.29 is 14.7 Å². The van der Waals surface area contributed by atoms with Gasteiger partial charge >= 0.3 is 12.0 Å². The number of carboxylic acid groups (broad SMARTS) is 1. The van der Waals surface area contributed by atoms with Crippen LogP contribution in [0.4, 0.5) is 4.79 Å². The third-order valence-electron chi connectivity index (χ3n) is 4.47. The standard InChI is InChI=1S/C14H24N2O3S/c1-2-14(12(17)18)7-5-8-16(14)13(19)15-10-11-6-3-4-9-20-11/h11H,2-10H2,1H3,(H,15,19)(H,17,18). The van der Waals surface area contributed by atoms with Gasteiger partial charge in [-0.3, -0.25) is 0 Å². The predicted octanol–water partition coefficient (Wildman–Crippen LogP) is 2.31. The van der Waals surface area contributed by atoms with Crippen molar-refractivity contribution in [3.05, 3.63) is 0 Å². The molecule has 2 N–H and O–H groups in total. The van der Waals surface area contributed by atoms with E-state index < -0.39 is 11.5 Å². The van der Waals surface area contributed by atoms with Crippen LogP contribution in [0.1, 0.15) is 45.4 Å². The highest BCUT2D eigenvalue weighted by Gasteiger charge is 2.48. The van der Waals surface area contributed by atoms with Crippen LogP contribution in [0.5, 0.6) is 0 Å². The quantitative estimate of drug-likeness (QED) is 0.836. The normalized spacial score (nSPS) is 30.2. The Morgan fingerprint density at radius 2 is 2.20 bits per heavy atom. The highest BCUT2D eigenvalue weighted by molar-refractivity contribution is 7.99. The molecule has 0 bridgehead atoms. The Morgan fingerprint density at radius 3 is 2.80 bits per heavy atom. The molecule has 114 valence electrons. The van der Waals surface area contributed by atoms with E-state index in [4.69, 9.17) is 0 Å². The molecule has 2 aliphatic rings. The van der Waals surface area contributed by atoms with E-state index >= 15 is 0 Å². The van der Waals surface area contributed by atoms with Crippen LogP contribution >= 0.6 is 11.8 Å². The number of carbonyl (C=O) groups is 2. The third kappa shape index (κ3) is 3.05. The molecule has 0 spiro atoms. The van der Waals surface area contributed by atoms with E-state index in [9.17, 15) is 14.7 Å². The minimum Gasteiger partial charge on any atom is -0.479 e. The number of amides is 2. The van der Waals surface area contributed by atoms with Gasteiger partial charge in [0, 0.05) is 18.3 Å². The molecular weight excluding hydrogens is 276 g/mol. The van der Waals surface area contributed by atoms with Crippen LogP contribution < -0.4 is 5.32 Å². The average Bonchev–Trinajstić information content (AvgIpc) is 2.91. The fraction of sp³-hybridized carbons (Fsp3) is 0.857. The van der Waals surface area contributed by atoms with Gasteiger partial charge in [0.15, 0.2) is 0 Å². The van der Waals surface area contributed by atoms with Gasteiger partial charge in [-0.05, 0) is 37.9 Å². The number of nitrogens with one attached hydrogen (secondary N) is 1. The van der Waals surface area contributed by atoms with E-state index in [0.717, 1.165) is 18.6 Å². The Hall–Kier alpha value is -0.910. The van der Waals surface area contributed by atoms with E-state index in [2.05, 4.69) is 5.32 Å². The molecule has 2 fully saturated rings. The monoisotopic (exact) mass is 300 g/mol. The van der Waals surface area contributed by atoms with E-state index in [-0.39, 0.29) is 6.03 Å². The van der Waals surface area contributed by atoms with Gasteiger partial charge in [-0.25, -0.2) is 9.59 Å². The minimum absolute atomic E-state index is 0.210. The molecule has 0 aromatic rings. The second-order valence-corrected chi connectivity index (χ2v) is 7.03. The summed E-state index contributed by atoms with van der Waals surface area (Å²) in [6, 6.07) is -0.210. The molecule has 2 heterocycles. The first kappa shape index (κ1) is 15.5. The zero-order valence-electron chi connectivity index (χ0n) is 12.1. The highest BCUT2D eigenvalue weighted by atomic mass is 32.2. The number of likely N-dealkylation sites (tertiary alicyclic amines) is 1. The molecule has 0 aromatic carbocycles. The second kappa shape index (κ2) is 6.70. The molecule has 2 atom stereocenters. The minimum atomic E-state index is -0.996. The summed E-state index contributed by atoms with van der Waals surface area (Å²) in [5.41, 5.74) is -0.996. The van der Waals surface area contributed by atoms with Crippen molar-refractivity contribution >= 4 is 23.8 Å². The van der Waals surface area contributed by atoms with Crippen molar-refractivity contribution in [3.8, 4) is 0 Å². The van der Waals surface area contributed by atoms with Crippen molar-refractivity contribution in [3.63, 3.8) is 0 Å². The molecule has 2 unspecified atom stereocenters. The highest BCUT2D eigenvalue weighted by Crippen LogP contribution is 2.33. The summed E-state index contributed by atoms with van der Waals surface area (Å²) in [7, 11) is 0. The van der Waals surface area contributed by atoms with E-state index in [1.165, 1.54) is 17.7 Å². The molecule has 0 radical (unpaired) electrons. The average molecular weight is 300 g/mol. The number of carboxylic acids is 1. The van der Waals surface area contributed by atoms with E-state index in [1.807, 2.05) is 18.7 Å². The Morgan fingerprint density at radius 1 is 1.40 bits per heavy atom. The summed E-state index contributed by atoms with van der Waals surface area (Å²) >= 11 is 1.91. The van der Waals surface area contributed by atoms with Crippen LogP contribution in [0, 0.1) is 0 Å². The fourth-order valence-corrected chi connectivity index (χ4v) is 4.42. The van der Waals surface area contributed by atoms with Gasteiger partial charge in [0.2, 0.25) is 0 Å². The predicted molar refractivity (Wildman–Crippen MR) is 80.1 cm³/mol. The Labute approximate surface area is 124 Å².